The fourth-order valence-corrected chi connectivity index (χ4v) is 2.60. The molecule has 3 rings (SSSR count). The van der Waals surface area contributed by atoms with Gasteiger partial charge in [0.2, 0.25) is 0 Å². The molecule has 1 aliphatic heterocycles. The Kier molecular flexibility index (Phi) is 3.86. The maximum atomic E-state index is 10.1. The van der Waals surface area contributed by atoms with Crippen molar-refractivity contribution >= 4 is 5.82 Å². The molecule has 2 heterocycles. The Morgan fingerprint density at radius 2 is 1.81 bits per heavy atom. The van der Waals surface area contributed by atoms with Crippen molar-refractivity contribution in [2.45, 2.75) is 18.4 Å². The summed E-state index contributed by atoms with van der Waals surface area (Å²) in [5.41, 5.74) is 6.83. The Morgan fingerprint density at radius 3 is 2.38 bits per heavy atom. The predicted molar refractivity (Wildman–Crippen MR) is 82.9 cm³/mol. The van der Waals surface area contributed by atoms with Crippen molar-refractivity contribution in [1.29, 1.82) is 0 Å². The molecule has 1 saturated heterocycles. The smallest absolute Gasteiger partial charge is 0.147 e. The van der Waals surface area contributed by atoms with Crippen molar-refractivity contribution in [2.24, 2.45) is 5.73 Å². The first-order valence-electron chi connectivity index (χ1n) is 7.25. The molecule has 0 bridgehead atoms. The molecule has 5 heteroatoms. The number of nitrogens with zero attached hydrogens (tertiary/aromatic N) is 3. The van der Waals surface area contributed by atoms with Crippen LogP contribution in [0.2, 0.25) is 0 Å². The van der Waals surface area contributed by atoms with E-state index in [1.54, 1.807) is 12.4 Å². The van der Waals surface area contributed by atoms with E-state index in [-0.39, 0.29) is 0 Å². The van der Waals surface area contributed by atoms with E-state index >= 15 is 0 Å². The van der Waals surface area contributed by atoms with Crippen LogP contribution < -0.4 is 10.6 Å². The lowest BCUT2D eigenvalue weighted by molar-refractivity contribution is 0.0248. The van der Waals surface area contributed by atoms with Gasteiger partial charge in [-0.3, -0.25) is 4.98 Å². The van der Waals surface area contributed by atoms with Gasteiger partial charge in [0.25, 0.3) is 0 Å². The SMILES string of the molecule is NCC1(O)CCN(c2cnc(-c3ccccc3)cn2)CC1. The second kappa shape index (κ2) is 5.79. The van der Waals surface area contributed by atoms with Gasteiger partial charge in [-0.1, -0.05) is 30.3 Å². The maximum Gasteiger partial charge on any atom is 0.147 e. The van der Waals surface area contributed by atoms with E-state index in [1.807, 2.05) is 30.3 Å². The molecule has 1 aliphatic rings. The summed E-state index contributed by atoms with van der Waals surface area (Å²) >= 11 is 0. The minimum atomic E-state index is -0.714. The highest BCUT2D eigenvalue weighted by atomic mass is 16.3. The highest BCUT2D eigenvalue weighted by Crippen LogP contribution is 2.25. The van der Waals surface area contributed by atoms with E-state index in [0.29, 0.717) is 19.4 Å². The van der Waals surface area contributed by atoms with E-state index in [9.17, 15) is 5.11 Å². The lowest BCUT2D eigenvalue weighted by atomic mass is 9.92. The predicted octanol–water partition coefficient (Wildman–Crippen LogP) is 1.43. The molecule has 1 aromatic heterocycles. The normalized spacial score (nSPS) is 17.7. The number of hydrogen-bond acceptors (Lipinski definition) is 5. The molecule has 1 aromatic carbocycles. The fourth-order valence-electron chi connectivity index (χ4n) is 2.60. The summed E-state index contributed by atoms with van der Waals surface area (Å²) in [6, 6.07) is 10.0. The van der Waals surface area contributed by atoms with E-state index in [1.165, 1.54) is 0 Å². The quantitative estimate of drug-likeness (QED) is 0.892. The highest BCUT2D eigenvalue weighted by Gasteiger charge is 2.31. The number of aliphatic hydroxyl groups is 1. The zero-order chi connectivity index (χ0) is 14.7. The molecule has 3 N–H and O–H groups in total. The third kappa shape index (κ3) is 3.04. The molecular weight excluding hydrogens is 264 g/mol. The Labute approximate surface area is 124 Å². The molecule has 0 spiro atoms. The Balaban J connectivity index is 1.71. The zero-order valence-corrected chi connectivity index (χ0v) is 11.9. The molecule has 110 valence electrons. The first-order chi connectivity index (χ1) is 10.2. The molecule has 21 heavy (non-hydrogen) atoms. The summed E-state index contributed by atoms with van der Waals surface area (Å²) in [5.74, 6) is 0.855. The third-order valence-corrected chi connectivity index (χ3v) is 4.11. The molecule has 0 unspecified atom stereocenters. The van der Waals surface area contributed by atoms with Gasteiger partial charge in [0, 0.05) is 25.2 Å². The van der Waals surface area contributed by atoms with Crippen LogP contribution in [-0.2, 0) is 0 Å². The first kappa shape index (κ1) is 14.0. The van der Waals surface area contributed by atoms with E-state index in [4.69, 9.17) is 5.73 Å². The summed E-state index contributed by atoms with van der Waals surface area (Å²) < 4.78 is 0. The number of nitrogens with two attached hydrogens (primary N) is 1. The minimum absolute atomic E-state index is 0.319. The van der Waals surface area contributed by atoms with Crippen molar-refractivity contribution in [3.8, 4) is 11.3 Å². The van der Waals surface area contributed by atoms with Gasteiger partial charge in [0.15, 0.2) is 0 Å². The van der Waals surface area contributed by atoms with Crippen LogP contribution in [0.25, 0.3) is 11.3 Å². The maximum absolute atomic E-state index is 10.1. The Morgan fingerprint density at radius 1 is 1.10 bits per heavy atom. The van der Waals surface area contributed by atoms with E-state index in [2.05, 4.69) is 14.9 Å². The number of benzene rings is 1. The van der Waals surface area contributed by atoms with Gasteiger partial charge in [-0.05, 0) is 12.8 Å². The molecule has 0 radical (unpaired) electrons. The molecule has 0 aliphatic carbocycles. The summed E-state index contributed by atoms with van der Waals surface area (Å²) in [6.45, 7) is 1.83. The van der Waals surface area contributed by atoms with Gasteiger partial charge >= 0.3 is 0 Å². The van der Waals surface area contributed by atoms with Crippen molar-refractivity contribution < 1.29 is 5.11 Å². The first-order valence-corrected chi connectivity index (χ1v) is 7.25. The monoisotopic (exact) mass is 284 g/mol. The third-order valence-electron chi connectivity index (χ3n) is 4.11. The van der Waals surface area contributed by atoms with Gasteiger partial charge < -0.3 is 15.7 Å². The van der Waals surface area contributed by atoms with Gasteiger partial charge in [0.05, 0.1) is 23.7 Å². The van der Waals surface area contributed by atoms with Crippen LogP contribution in [0, 0.1) is 0 Å². The molecule has 0 amide bonds. The van der Waals surface area contributed by atoms with Gasteiger partial charge in [0.1, 0.15) is 5.82 Å². The van der Waals surface area contributed by atoms with Gasteiger partial charge in [-0.25, -0.2) is 4.98 Å². The highest BCUT2D eigenvalue weighted by molar-refractivity contribution is 5.58. The number of piperidine rings is 1. The lowest BCUT2D eigenvalue weighted by Crippen LogP contribution is -2.49. The number of anilines is 1. The second-order valence-electron chi connectivity index (χ2n) is 5.54. The van der Waals surface area contributed by atoms with Crippen molar-refractivity contribution in [2.75, 3.05) is 24.5 Å². The van der Waals surface area contributed by atoms with Crippen LogP contribution in [0.1, 0.15) is 12.8 Å². The Hall–Kier alpha value is -1.98. The number of aromatic nitrogens is 2. The second-order valence-corrected chi connectivity index (χ2v) is 5.54. The van der Waals surface area contributed by atoms with Crippen molar-refractivity contribution in [3.63, 3.8) is 0 Å². The lowest BCUT2D eigenvalue weighted by Gasteiger charge is -2.37. The molecular formula is C16H20N4O. The average Bonchev–Trinajstić information content (AvgIpc) is 2.57. The van der Waals surface area contributed by atoms with Gasteiger partial charge in [-0.2, -0.15) is 0 Å². The fraction of sp³-hybridized carbons (Fsp3) is 0.375. The molecule has 0 atom stereocenters. The van der Waals surface area contributed by atoms with Crippen LogP contribution in [0.15, 0.2) is 42.7 Å². The molecule has 1 fully saturated rings. The number of hydrogen-bond donors (Lipinski definition) is 2. The van der Waals surface area contributed by atoms with Crippen LogP contribution in [0.3, 0.4) is 0 Å². The van der Waals surface area contributed by atoms with Crippen molar-refractivity contribution in [3.05, 3.63) is 42.7 Å². The topological polar surface area (TPSA) is 75.3 Å². The summed E-state index contributed by atoms with van der Waals surface area (Å²) in [6.07, 6.45) is 4.95. The number of rotatable bonds is 3. The van der Waals surface area contributed by atoms with Gasteiger partial charge in [-0.15, -0.1) is 0 Å². The van der Waals surface area contributed by atoms with Crippen molar-refractivity contribution in [1.82, 2.24) is 9.97 Å². The van der Waals surface area contributed by atoms with Crippen LogP contribution in [-0.4, -0.2) is 40.3 Å². The largest absolute Gasteiger partial charge is 0.388 e. The van der Waals surface area contributed by atoms with Crippen LogP contribution >= 0.6 is 0 Å². The zero-order valence-electron chi connectivity index (χ0n) is 11.9. The summed E-state index contributed by atoms with van der Waals surface area (Å²) in [7, 11) is 0. The van der Waals surface area contributed by atoms with E-state index in [0.717, 1.165) is 30.2 Å². The molecule has 2 aromatic rings. The van der Waals surface area contributed by atoms with Crippen LogP contribution in [0.5, 0.6) is 0 Å². The Bertz CT molecular complexity index is 577. The molecule has 0 saturated carbocycles. The average molecular weight is 284 g/mol. The van der Waals surface area contributed by atoms with E-state index < -0.39 is 5.60 Å². The summed E-state index contributed by atoms with van der Waals surface area (Å²) in [4.78, 5) is 11.1. The standard InChI is InChI=1S/C16H20N4O/c17-12-16(21)6-8-20(9-7-16)15-11-18-14(10-19-15)13-4-2-1-3-5-13/h1-5,10-11,21H,6-9,12,17H2. The molecule has 5 nitrogen and oxygen atoms in total. The summed E-state index contributed by atoms with van der Waals surface area (Å²) in [5, 5.41) is 10.1. The minimum Gasteiger partial charge on any atom is -0.388 e. The van der Waals surface area contributed by atoms with Crippen LogP contribution in [0.4, 0.5) is 5.82 Å².